The maximum Gasteiger partial charge on any atom is 0.352 e. The minimum Gasteiger partial charge on any atom is -0.378 e. The van der Waals surface area contributed by atoms with E-state index in [0.29, 0.717) is 6.54 Å². The van der Waals surface area contributed by atoms with Crippen molar-refractivity contribution in [1.29, 1.82) is 0 Å². The van der Waals surface area contributed by atoms with Crippen LogP contribution in [0.15, 0.2) is 6.33 Å². The van der Waals surface area contributed by atoms with E-state index in [0.717, 1.165) is 32.5 Å². The van der Waals surface area contributed by atoms with Gasteiger partial charge in [0, 0.05) is 6.54 Å². The Bertz CT molecular complexity index is 436. The lowest BCUT2D eigenvalue weighted by molar-refractivity contribution is -0.383. The fraction of sp³-hybridized carbons (Fsp3) is 0.667. The Labute approximate surface area is 118 Å². The van der Waals surface area contributed by atoms with Crippen molar-refractivity contribution in [2.24, 2.45) is 0 Å². The summed E-state index contributed by atoms with van der Waals surface area (Å²) in [4.78, 5) is 20.2. The average Bonchev–Trinajstić information content (AvgIpc) is 2.42. The maximum absolute atomic E-state index is 10.9. The van der Waals surface area contributed by atoms with Gasteiger partial charge in [0.15, 0.2) is 0 Å². The highest BCUT2D eigenvalue weighted by molar-refractivity contribution is 5.67. The van der Waals surface area contributed by atoms with Gasteiger partial charge in [-0.3, -0.25) is 10.1 Å². The van der Waals surface area contributed by atoms with E-state index in [-0.39, 0.29) is 17.3 Å². The molecule has 0 unspecified atom stereocenters. The molecule has 0 aromatic carbocycles. The third-order valence-electron chi connectivity index (χ3n) is 3.12. The summed E-state index contributed by atoms with van der Waals surface area (Å²) in [6.45, 7) is 8.00. The summed E-state index contributed by atoms with van der Waals surface area (Å²) in [6, 6.07) is 0. The van der Waals surface area contributed by atoms with E-state index in [1.54, 1.807) is 0 Å². The summed E-state index contributed by atoms with van der Waals surface area (Å²) < 4.78 is 0. The number of nitro groups is 1. The van der Waals surface area contributed by atoms with E-state index in [2.05, 4.69) is 34.0 Å². The van der Waals surface area contributed by atoms with Gasteiger partial charge in [-0.25, -0.2) is 9.97 Å². The zero-order valence-electron chi connectivity index (χ0n) is 12.0. The normalized spacial score (nSPS) is 10.8. The van der Waals surface area contributed by atoms with Crippen molar-refractivity contribution < 1.29 is 4.92 Å². The van der Waals surface area contributed by atoms with Crippen LogP contribution in [0.1, 0.15) is 26.7 Å². The van der Waals surface area contributed by atoms with Crippen LogP contribution in [0.3, 0.4) is 0 Å². The third kappa shape index (κ3) is 4.61. The molecule has 1 heterocycles. The molecule has 0 radical (unpaired) electrons. The van der Waals surface area contributed by atoms with Crippen molar-refractivity contribution in [2.45, 2.75) is 26.7 Å². The lowest BCUT2D eigenvalue weighted by Gasteiger charge is -2.17. The molecule has 112 valence electrons. The highest BCUT2D eigenvalue weighted by Gasteiger charge is 2.20. The zero-order chi connectivity index (χ0) is 15.0. The van der Waals surface area contributed by atoms with Gasteiger partial charge in [0.1, 0.15) is 6.33 Å². The van der Waals surface area contributed by atoms with Crippen LogP contribution in [0.25, 0.3) is 0 Å². The minimum atomic E-state index is -0.562. The molecule has 0 spiro atoms. The van der Waals surface area contributed by atoms with Gasteiger partial charge in [0.2, 0.25) is 11.6 Å². The molecule has 1 aromatic rings. The van der Waals surface area contributed by atoms with Crippen LogP contribution in [0.4, 0.5) is 17.3 Å². The van der Waals surface area contributed by atoms with Gasteiger partial charge >= 0.3 is 5.69 Å². The molecule has 20 heavy (non-hydrogen) atoms. The number of unbranched alkanes of at least 4 members (excludes halogenated alkanes) is 1. The first-order chi connectivity index (χ1) is 9.60. The molecule has 0 atom stereocenters. The Kier molecular flexibility index (Phi) is 6.65. The van der Waals surface area contributed by atoms with Crippen LogP contribution in [0.2, 0.25) is 0 Å². The van der Waals surface area contributed by atoms with Crippen molar-refractivity contribution in [1.82, 2.24) is 14.9 Å². The molecule has 0 aliphatic rings. The first-order valence-electron chi connectivity index (χ1n) is 6.81. The Morgan fingerprint density at radius 3 is 2.65 bits per heavy atom. The number of rotatable bonds is 9. The number of nitrogens with one attached hydrogen (secondary N) is 1. The maximum atomic E-state index is 10.9. The molecular formula is C12H22N6O2. The van der Waals surface area contributed by atoms with Crippen molar-refractivity contribution in [3.63, 3.8) is 0 Å². The summed E-state index contributed by atoms with van der Waals surface area (Å²) in [5.41, 5.74) is 5.24. The molecule has 8 heteroatoms. The van der Waals surface area contributed by atoms with Crippen LogP contribution in [-0.2, 0) is 0 Å². The second kappa shape index (κ2) is 8.26. The summed E-state index contributed by atoms with van der Waals surface area (Å²) in [5.74, 6) is 0.0704. The van der Waals surface area contributed by atoms with E-state index in [4.69, 9.17) is 5.73 Å². The smallest absolute Gasteiger partial charge is 0.352 e. The second-order valence-electron chi connectivity index (χ2n) is 4.37. The molecule has 1 rings (SSSR count). The molecule has 8 nitrogen and oxygen atoms in total. The Hall–Kier alpha value is -1.96. The first-order valence-corrected chi connectivity index (χ1v) is 6.81. The third-order valence-corrected chi connectivity index (χ3v) is 3.12. The number of aromatic nitrogens is 2. The van der Waals surface area contributed by atoms with Gasteiger partial charge < -0.3 is 16.0 Å². The molecule has 0 bridgehead atoms. The Morgan fingerprint density at radius 2 is 2.05 bits per heavy atom. The fourth-order valence-corrected chi connectivity index (χ4v) is 1.91. The van der Waals surface area contributed by atoms with Gasteiger partial charge in [0.25, 0.3) is 0 Å². The summed E-state index contributed by atoms with van der Waals surface area (Å²) >= 11 is 0. The van der Waals surface area contributed by atoms with Crippen LogP contribution < -0.4 is 11.1 Å². The van der Waals surface area contributed by atoms with E-state index in [9.17, 15) is 10.1 Å². The van der Waals surface area contributed by atoms with Crippen LogP contribution in [0.5, 0.6) is 0 Å². The van der Waals surface area contributed by atoms with Gasteiger partial charge in [0.05, 0.1) is 4.92 Å². The van der Waals surface area contributed by atoms with Gasteiger partial charge in [-0.1, -0.05) is 13.8 Å². The predicted molar refractivity (Wildman–Crippen MR) is 78.6 cm³/mol. The topological polar surface area (TPSA) is 110 Å². The molecule has 0 saturated carbocycles. The largest absolute Gasteiger partial charge is 0.378 e. The number of nitrogens with zero attached hydrogens (tertiary/aromatic N) is 4. The molecular weight excluding hydrogens is 260 g/mol. The fourth-order valence-electron chi connectivity index (χ4n) is 1.91. The molecule has 0 fully saturated rings. The SMILES string of the molecule is CCN(CC)CCCCNc1ncnc(N)c1[N+](=O)[O-]. The molecule has 0 amide bonds. The summed E-state index contributed by atoms with van der Waals surface area (Å²) in [7, 11) is 0. The average molecular weight is 282 g/mol. The Balaban J connectivity index is 2.43. The first kappa shape index (κ1) is 16.1. The van der Waals surface area contributed by atoms with Crippen molar-refractivity contribution in [2.75, 3.05) is 37.2 Å². The zero-order valence-corrected chi connectivity index (χ0v) is 12.0. The van der Waals surface area contributed by atoms with E-state index >= 15 is 0 Å². The van der Waals surface area contributed by atoms with E-state index < -0.39 is 4.92 Å². The molecule has 0 aliphatic carbocycles. The molecule has 0 aliphatic heterocycles. The number of anilines is 2. The lowest BCUT2D eigenvalue weighted by atomic mass is 10.3. The number of hydrogen-bond donors (Lipinski definition) is 2. The highest BCUT2D eigenvalue weighted by atomic mass is 16.6. The van der Waals surface area contributed by atoms with Crippen LogP contribution in [0, 0.1) is 10.1 Å². The van der Waals surface area contributed by atoms with E-state index in [1.165, 1.54) is 6.33 Å². The second-order valence-corrected chi connectivity index (χ2v) is 4.37. The van der Waals surface area contributed by atoms with Crippen molar-refractivity contribution in [3.8, 4) is 0 Å². The summed E-state index contributed by atoms with van der Waals surface area (Å²) in [5, 5.41) is 13.9. The summed E-state index contributed by atoms with van der Waals surface area (Å²) in [6.07, 6.45) is 3.17. The van der Waals surface area contributed by atoms with E-state index in [1.807, 2.05) is 0 Å². The standard InChI is InChI=1S/C12H22N6O2/c1-3-17(4-2)8-6-5-7-14-12-10(18(19)20)11(13)15-9-16-12/h9H,3-8H2,1-2H3,(H3,13,14,15,16). The predicted octanol–water partition coefficient (Wildman–Crippen LogP) is 1.50. The molecule has 1 aromatic heterocycles. The monoisotopic (exact) mass is 282 g/mol. The quantitative estimate of drug-likeness (QED) is 0.401. The molecule has 0 saturated heterocycles. The number of hydrogen-bond acceptors (Lipinski definition) is 7. The van der Waals surface area contributed by atoms with Crippen LogP contribution in [-0.4, -0.2) is 46.0 Å². The van der Waals surface area contributed by atoms with Gasteiger partial charge in [-0.05, 0) is 32.5 Å². The minimum absolute atomic E-state index is 0.115. The molecule has 3 N–H and O–H groups in total. The highest BCUT2D eigenvalue weighted by Crippen LogP contribution is 2.25. The lowest BCUT2D eigenvalue weighted by Crippen LogP contribution is -2.24. The van der Waals surface area contributed by atoms with Gasteiger partial charge in [-0.15, -0.1) is 0 Å². The van der Waals surface area contributed by atoms with Gasteiger partial charge in [-0.2, -0.15) is 0 Å². The van der Waals surface area contributed by atoms with Crippen molar-refractivity contribution >= 4 is 17.3 Å². The number of nitrogen functional groups attached to an aromatic ring is 1. The Morgan fingerprint density at radius 1 is 1.35 bits per heavy atom. The van der Waals surface area contributed by atoms with Crippen molar-refractivity contribution in [3.05, 3.63) is 16.4 Å². The number of nitrogens with two attached hydrogens (primary N) is 1. The van der Waals surface area contributed by atoms with Crippen LogP contribution >= 0.6 is 0 Å².